The maximum absolute atomic E-state index is 4.65. The molecule has 0 saturated carbocycles. The van der Waals surface area contributed by atoms with Crippen LogP contribution in [0.5, 0.6) is 0 Å². The zero-order valence-corrected chi connectivity index (χ0v) is 14.8. The molecule has 6 nitrogen and oxygen atoms in total. The van der Waals surface area contributed by atoms with Gasteiger partial charge in [0.15, 0.2) is 11.8 Å². The SMILES string of the molecule is CCCCNC(=NCc1nnc(C)n1C)NCC(CC)CC. The van der Waals surface area contributed by atoms with Crippen molar-refractivity contribution in [2.24, 2.45) is 18.0 Å². The monoisotopic (exact) mass is 308 g/mol. The van der Waals surface area contributed by atoms with Crippen molar-refractivity contribution in [3.8, 4) is 0 Å². The van der Waals surface area contributed by atoms with Crippen LogP contribution in [0.3, 0.4) is 0 Å². The minimum Gasteiger partial charge on any atom is -0.356 e. The van der Waals surface area contributed by atoms with Crippen LogP contribution in [0, 0.1) is 12.8 Å². The molecule has 2 N–H and O–H groups in total. The molecule has 0 unspecified atom stereocenters. The quantitative estimate of drug-likeness (QED) is 0.417. The molecule has 1 heterocycles. The number of aliphatic imine (C=N–C) groups is 1. The van der Waals surface area contributed by atoms with Gasteiger partial charge in [0.05, 0.1) is 0 Å². The van der Waals surface area contributed by atoms with Gasteiger partial charge in [-0.05, 0) is 19.3 Å². The van der Waals surface area contributed by atoms with Crippen molar-refractivity contribution < 1.29 is 0 Å². The van der Waals surface area contributed by atoms with Crippen LogP contribution in [0.25, 0.3) is 0 Å². The van der Waals surface area contributed by atoms with Crippen molar-refractivity contribution in [3.63, 3.8) is 0 Å². The molecule has 0 aliphatic rings. The fourth-order valence-corrected chi connectivity index (χ4v) is 2.11. The first-order valence-corrected chi connectivity index (χ1v) is 8.49. The third-order valence-corrected chi connectivity index (χ3v) is 4.10. The fraction of sp³-hybridized carbons (Fsp3) is 0.812. The highest BCUT2D eigenvalue weighted by Gasteiger charge is 2.07. The van der Waals surface area contributed by atoms with Crippen molar-refractivity contribution in [3.05, 3.63) is 11.6 Å². The Hall–Kier alpha value is -1.59. The number of rotatable bonds is 9. The van der Waals surface area contributed by atoms with E-state index in [2.05, 4.69) is 46.6 Å². The summed E-state index contributed by atoms with van der Waals surface area (Å²) in [5.41, 5.74) is 0. The second kappa shape index (κ2) is 10.2. The Morgan fingerprint density at radius 3 is 2.45 bits per heavy atom. The van der Waals surface area contributed by atoms with Gasteiger partial charge in [0.1, 0.15) is 12.4 Å². The van der Waals surface area contributed by atoms with E-state index in [1.807, 2.05) is 18.5 Å². The number of hydrogen-bond acceptors (Lipinski definition) is 3. The van der Waals surface area contributed by atoms with Crippen molar-refractivity contribution in [2.45, 2.75) is 59.9 Å². The number of aromatic nitrogens is 3. The minimum absolute atomic E-state index is 0.543. The van der Waals surface area contributed by atoms with Gasteiger partial charge in [0.2, 0.25) is 0 Å². The molecule has 0 saturated heterocycles. The van der Waals surface area contributed by atoms with E-state index in [-0.39, 0.29) is 0 Å². The van der Waals surface area contributed by atoms with Gasteiger partial charge in [0.25, 0.3) is 0 Å². The summed E-state index contributed by atoms with van der Waals surface area (Å²) in [6.07, 6.45) is 4.70. The highest BCUT2D eigenvalue weighted by molar-refractivity contribution is 5.79. The van der Waals surface area contributed by atoms with Gasteiger partial charge in [-0.15, -0.1) is 10.2 Å². The van der Waals surface area contributed by atoms with Crippen LogP contribution in [0.15, 0.2) is 4.99 Å². The number of hydrogen-bond donors (Lipinski definition) is 2. The Labute approximate surface area is 134 Å². The van der Waals surface area contributed by atoms with Crippen molar-refractivity contribution in [1.29, 1.82) is 0 Å². The van der Waals surface area contributed by atoms with Crippen LogP contribution >= 0.6 is 0 Å². The Bertz CT molecular complexity index is 447. The lowest BCUT2D eigenvalue weighted by molar-refractivity contribution is 0.480. The molecule has 0 aliphatic heterocycles. The third kappa shape index (κ3) is 6.03. The molecule has 0 bridgehead atoms. The summed E-state index contributed by atoms with van der Waals surface area (Å²) in [6, 6.07) is 0. The van der Waals surface area contributed by atoms with Gasteiger partial charge < -0.3 is 15.2 Å². The number of nitrogens with one attached hydrogen (secondary N) is 2. The Morgan fingerprint density at radius 1 is 1.18 bits per heavy atom. The van der Waals surface area contributed by atoms with Gasteiger partial charge in [-0.1, -0.05) is 40.0 Å². The van der Waals surface area contributed by atoms with E-state index < -0.39 is 0 Å². The minimum atomic E-state index is 0.543. The van der Waals surface area contributed by atoms with E-state index in [9.17, 15) is 0 Å². The molecule has 1 rings (SSSR count). The van der Waals surface area contributed by atoms with Crippen LogP contribution < -0.4 is 10.6 Å². The fourth-order valence-electron chi connectivity index (χ4n) is 2.11. The van der Waals surface area contributed by atoms with E-state index in [4.69, 9.17) is 0 Å². The first-order valence-electron chi connectivity index (χ1n) is 8.49. The standard InChI is InChI=1S/C16H32N6/c1-6-9-10-17-16(18-11-14(7-2)8-3)19-12-15-21-20-13(4)22(15)5/h14H,6-12H2,1-5H3,(H2,17,18,19). The molecule has 0 fully saturated rings. The van der Waals surface area contributed by atoms with Crippen LogP contribution in [-0.4, -0.2) is 33.8 Å². The molecular weight excluding hydrogens is 276 g/mol. The lowest BCUT2D eigenvalue weighted by Gasteiger charge is -2.17. The number of aryl methyl sites for hydroxylation is 1. The van der Waals surface area contributed by atoms with Gasteiger partial charge in [-0.3, -0.25) is 0 Å². The molecule has 1 aromatic rings. The van der Waals surface area contributed by atoms with Crippen molar-refractivity contribution in [1.82, 2.24) is 25.4 Å². The maximum Gasteiger partial charge on any atom is 0.191 e. The lowest BCUT2D eigenvalue weighted by Crippen LogP contribution is -2.40. The molecule has 0 radical (unpaired) electrons. The molecular formula is C16H32N6. The second-order valence-corrected chi connectivity index (χ2v) is 5.73. The Morgan fingerprint density at radius 2 is 1.91 bits per heavy atom. The first-order chi connectivity index (χ1) is 10.6. The molecule has 0 aliphatic carbocycles. The summed E-state index contributed by atoms with van der Waals surface area (Å²) in [5.74, 6) is 3.36. The van der Waals surface area contributed by atoms with Crippen LogP contribution in [0.2, 0.25) is 0 Å². The molecule has 6 heteroatoms. The van der Waals surface area contributed by atoms with Crippen LogP contribution in [0.1, 0.15) is 58.1 Å². The summed E-state index contributed by atoms with van der Waals surface area (Å²) in [5, 5.41) is 15.1. The average molecular weight is 308 g/mol. The van der Waals surface area contributed by atoms with Gasteiger partial charge in [-0.25, -0.2) is 4.99 Å². The summed E-state index contributed by atoms with van der Waals surface area (Å²) in [6.45, 7) is 11.1. The second-order valence-electron chi connectivity index (χ2n) is 5.73. The largest absolute Gasteiger partial charge is 0.356 e. The summed E-state index contributed by atoms with van der Waals surface area (Å²) >= 11 is 0. The molecule has 0 atom stereocenters. The first kappa shape index (κ1) is 18.5. The normalized spacial score (nSPS) is 12.0. The Balaban J connectivity index is 2.62. The van der Waals surface area contributed by atoms with Gasteiger partial charge >= 0.3 is 0 Å². The highest BCUT2D eigenvalue weighted by atomic mass is 15.3. The number of unbranched alkanes of at least 4 members (excludes halogenated alkanes) is 1. The van der Waals surface area contributed by atoms with Crippen molar-refractivity contribution >= 4 is 5.96 Å². The zero-order chi connectivity index (χ0) is 16.4. The molecule has 0 aromatic carbocycles. The van der Waals surface area contributed by atoms with E-state index in [0.29, 0.717) is 12.5 Å². The van der Waals surface area contributed by atoms with E-state index in [0.717, 1.165) is 37.1 Å². The molecule has 0 amide bonds. The van der Waals surface area contributed by atoms with Gasteiger partial charge in [-0.2, -0.15) is 0 Å². The third-order valence-electron chi connectivity index (χ3n) is 4.10. The predicted molar refractivity (Wildman–Crippen MR) is 91.9 cm³/mol. The average Bonchev–Trinajstić information content (AvgIpc) is 2.84. The molecule has 126 valence electrons. The van der Waals surface area contributed by atoms with E-state index in [1.54, 1.807) is 0 Å². The van der Waals surface area contributed by atoms with Gasteiger partial charge in [0, 0.05) is 20.1 Å². The zero-order valence-electron chi connectivity index (χ0n) is 14.8. The number of nitrogens with zero attached hydrogens (tertiary/aromatic N) is 4. The summed E-state index contributed by atoms with van der Waals surface area (Å²) in [4.78, 5) is 4.65. The topological polar surface area (TPSA) is 67.1 Å². The summed E-state index contributed by atoms with van der Waals surface area (Å²) in [7, 11) is 1.97. The van der Waals surface area contributed by atoms with Crippen molar-refractivity contribution in [2.75, 3.05) is 13.1 Å². The lowest BCUT2D eigenvalue weighted by atomic mass is 10.0. The van der Waals surface area contributed by atoms with Crippen LogP contribution in [0.4, 0.5) is 0 Å². The van der Waals surface area contributed by atoms with E-state index in [1.165, 1.54) is 19.3 Å². The summed E-state index contributed by atoms with van der Waals surface area (Å²) < 4.78 is 1.98. The Kier molecular flexibility index (Phi) is 8.55. The van der Waals surface area contributed by atoms with Crippen LogP contribution in [-0.2, 0) is 13.6 Å². The maximum atomic E-state index is 4.65. The van der Waals surface area contributed by atoms with E-state index >= 15 is 0 Å². The molecule has 1 aromatic heterocycles. The predicted octanol–water partition coefficient (Wildman–Crippen LogP) is 2.40. The highest BCUT2D eigenvalue weighted by Crippen LogP contribution is 2.05. The number of guanidine groups is 1. The molecule has 0 spiro atoms. The molecule has 22 heavy (non-hydrogen) atoms. The smallest absolute Gasteiger partial charge is 0.191 e.